The van der Waals surface area contributed by atoms with E-state index in [1.165, 1.54) is 12.8 Å². The quantitative estimate of drug-likeness (QED) is 0.807. The molecule has 27 heavy (non-hydrogen) atoms. The molecule has 1 aromatic carbocycles. The molecular formula is C20H24N4O3. The van der Waals surface area contributed by atoms with Crippen LogP contribution < -0.4 is 14.4 Å². The number of amides is 1. The molecule has 142 valence electrons. The van der Waals surface area contributed by atoms with Gasteiger partial charge in [-0.05, 0) is 43.2 Å². The van der Waals surface area contributed by atoms with Gasteiger partial charge in [-0.3, -0.25) is 4.79 Å². The van der Waals surface area contributed by atoms with Gasteiger partial charge in [-0.25, -0.2) is 0 Å². The van der Waals surface area contributed by atoms with E-state index < -0.39 is 0 Å². The second-order valence-electron chi connectivity index (χ2n) is 6.94. The van der Waals surface area contributed by atoms with Gasteiger partial charge >= 0.3 is 0 Å². The summed E-state index contributed by atoms with van der Waals surface area (Å²) in [6.07, 6.45) is 2.45. The highest BCUT2D eigenvalue weighted by molar-refractivity contribution is 5.95. The molecule has 1 aromatic heterocycles. The third kappa shape index (κ3) is 3.67. The van der Waals surface area contributed by atoms with Gasteiger partial charge in [0.1, 0.15) is 0 Å². The highest BCUT2D eigenvalue weighted by Crippen LogP contribution is 2.38. The number of aromatic nitrogens is 2. The summed E-state index contributed by atoms with van der Waals surface area (Å²) in [6.45, 7) is 2.80. The first-order valence-corrected chi connectivity index (χ1v) is 9.29. The van der Waals surface area contributed by atoms with Crippen LogP contribution in [0.25, 0.3) is 0 Å². The molecular weight excluding hydrogens is 344 g/mol. The van der Waals surface area contributed by atoms with Crippen molar-refractivity contribution in [1.82, 2.24) is 15.1 Å². The summed E-state index contributed by atoms with van der Waals surface area (Å²) in [5, 5.41) is 8.73. The molecule has 4 rings (SSSR count). The molecule has 2 aliphatic rings. The average Bonchev–Trinajstić information content (AvgIpc) is 3.58. The van der Waals surface area contributed by atoms with Crippen molar-refractivity contribution in [2.45, 2.75) is 18.8 Å². The lowest BCUT2D eigenvalue weighted by atomic mass is 10.1. The first-order valence-electron chi connectivity index (χ1n) is 9.29. The van der Waals surface area contributed by atoms with Gasteiger partial charge in [0.05, 0.1) is 19.9 Å². The summed E-state index contributed by atoms with van der Waals surface area (Å²) in [5.41, 5.74) is 1.70. The number of benzene rings is 1. The highest BCUT2D eigenvalue weighted by Gasteiger charge is 2.27. The Morgan fingerprint density at radius 1 is 0.963 bits per heavy atom. The number of rotatable bonds is 5. The number of hydrogen-bond donors (Lipinski definition) is 0. The number of methoxy groups -OCH3 is 2. The molecule has 7 nitrogen and oxygen atoms in total. The maximum atomic E-state index is 12.8. The van der Waals surface area contributed by atoms with E-state index in [4.69, 9.17) is 9.47 Å². The second kappa shape index (κ2) is 7.42. The summed E-state index contributed by atoms with van der Waals surface area (Å²) in [5.74, 6) is 2.69. The van der Waals surface area contributed by atoms with Gasteiger partial charge in [-0.2, -0.15) is 5.10 Å². The lowest BCUT2D eigenvalue weighted by Gasteiger charge is -2.35. The second-order valence-corrected chi connectivity index (χ2v) is 6.94. The van der Waals surface area contributed by atoms with Crippen LogP contribution in [-0.2, 0) is 0 Å². The van der Waals surface area contributed by atoms with Crippen molar-refractivity contribution < 1.29 is 14.3 Å². The first-order chi connectivity index (χ1) is 13.2. The zero-order valence-electron chi connectivity index (χ0n) is 15.7. The number of carbonyl (C=O) groups excluding carboxylic acids is 1. The van der Waals surface area contributed by atoms with Crippen molar-refractivity contribution in [3.05, 3.63) is 41.6 Å². The Morgan fingerprint density at radius 2 is 1.70 bits per heavy atom. The zero-order chi connectivity index (χ0) is 18.8. The van der Waals surface area contributed by atoms with E-state index in [1.807, 2.05) is 11.0 Å². The Morgan fingerprint density at radius 3 is 2.30 bits per heavy atom. The third-order valence-corrected chi connectivity index (χ3v) is 5.19. The van der Waals surface area contributed by atoms with Crippen LogP contribution in [0.3, 0.4) is 0 Å². The van der Waals surface area contributed by atoms with E-state index >= 15 is 0 Å². The lowest BCUT2D eigenvalue weighted by Crippen LogP contribution is -2.49. The van der Waals surface area contributed by atoms with Crippen molar-refractivity contribution in [2.24, 2.45) is 0 Å². The largest absolute Gasteiger partial charge is 0.493 e. The fourth-order valence-electron chi connectivity index (χ4n) is 3.39. The Balaban J connectivity index is 1.39. The van der Waals surface area contributed by atoms with E-state index in [0.29, 0.717) is 36.1 Å². The predicted octanol–water partition coefficient (Wildman–Crippen LogP) is 2.33. The molecule has 7 heteroatoms. The molecule has 0 radical (unpaired) electrons. The predicted molar refractivity (Wildman–Crippen MR) is 102 cm³/mol. The van der Waals surface area contributed by atoms with Gasteiger partial charge in [-0.1, -0.05) is 0 Å². The molecule has 0 bridgehead atoms. The number of hydrogen-bond acceptors (Lipinski definition) is 6. The summed E-state index contributed by atoms with van der Waals surface area (Å²) < 4.78 is 10.5. The molecule has 0 N–H and O–H groups in total. The van der Waals surface area contributed by atoms with Gasteiger partial charge < -0.3 is 19.3 Å². The van der Waals surface area contributed by atoms with Crippen LogP contribution in [0.5, 0.6) is 11.5 Å². The first kappa shape index (κ1) is 17.6. The SMILES string of the molecule is COc1ccc(C(=O)N2CCN(c3ccc(C4CC4)nn3)CC2)cc1OC. The zero-order valence-corrected chi connectivity index (χ0v) is 15.7. The Labute approximate surface area is 158 Å². The van der Waals surface area contributed by atoms with Crippen LogP contribution in [-0.4, -0.2) is 61.4 Å². The fourth-order valence-corrected chi connectivity index (χ4v) is 3.39. The molecule has 0 unspecified atom stereocenters. The van der Waals surface area contributed by atoms with Crippen molar-refractivity contribution in [3.8, 4) is 11.5 Å². The maximum absolute atomic E-state index is 12.8. The van der Waals surface area contributed by atoms with Gasteiger partial charge in [0, 0.05) is 37.7 Å². The maximum Gasteiger partial charge on any atom is 0.254 e. The third-order valence-electron chi connectivity index (χ3n) is 5.19. The monoisotopic (exact) mass is 368 g/mol. The van der Waals surface area contributed by atoms with E-state index in [1.54, 1.807) is 32.4 Å². The lowest BCUT2D eigenvalue weighted by molar-refractivity contribution is 0.0746. The molecule has 2 heterocycles. The number of carbonyl (C=O) groups is 1. The van der Waals surface area contributed by atoms with E-state index in [-0.39, 0.29) is 5.91 Å². The number of piperazine rings is 1. The minimum atomic E-state index is 0.00534. The Kier molecular flexibility index (Phi) is 4.83. The molecule has 0 spiro atoms. The average molecular weight is 368 g/mol. The molecule has 1 aliphatic heterocycles. The molecule has 1 saturated carbocycles. The number of nitrogens with zero attached hydrogens (tertiary/aromatic N) is 4. The Bertz CT molecular complexity index is 812. The molecule has 1 aliphatic carbocycles. The van der Waals surface area contributed by atoms with Gasteiger partial charge in [0.25, 0.3) is 5.91 Å². The van der Waals surface area contributed by atoms with Gasteiger partial charge in [0.2, 0.25) is 0 Å². The van der Waals surface area contributed by atoms with Crippen LogP contribution >= 0.6 is 0 Å². The van der Waals surface area contributed by atoms with Crippen molar-refractivity contribution >= 4 is 11.7 Å². The minimum absolute atomic E-state index is 0.00534. The summed E-state index contributed by atoms with van der Waals surface area (Å²) in [4.78, 5) is 16.9. The van der Waals surface area contributed by atoms with E-state index in [9.17, 15) is 4.79 Å². The van der Waals surface area contributed by atoms with Crippen LogP contribution in [0.2, 0.25) is 0 Å². The molecule has 1 saturated heterocycles. The topological polar surface area (TPSA) is 67.8 Å². The normalized spacial score (nSPS) is 17.0. The summed E-state index contributed by atoms with van der Waals surface area (Å²) >= 11 is 0. The van der Waals surface area contributed by atoms with Crippen molar-refractivity contribution in [1.29, 1.82) is 0 Å². The molecule has 1 amide bonds. The van der Waals surface area contributed by atoms with Crippen LogP contribution in [0, 0.1) is 0 Å². The van der Waals surface area contributed by atoms with Crippen LogP contribution in [0.1, 0.15) is 34.8 Å². The smallest absolute Gasteiger partial charge is 0.254 e. The summed E-state index contributed by atoms with van der Waals surface area (Å²) in [6, 6.07) is 9.40. The molecule has 2 aromatic rings. The highest BCUT2D eigenvalue weighted by atomic mass is 16.5. The number of anilines is 1. The minimum Gasteiger partial charge on any atom is -0.493 e. The van der Waals surface area contributed by atoms with Crippen molar-refractivity contribution in [2.75, 3.05) is 45.3 Å². The summed E-state index contributed by atoms with van der Waals surface area (Å²) in [7, 11) is 3.15. The molecule has 2 fully saturated rings. The van der Waals surface area contributed by atoms with Crippen molar-refractivity contribution in [3.63, 3.8) is 0 Å². The van der Waals surface area contributed by atoms with E-state index in [2.05, 4.69) is 21.2 Å². The van der Waals surface area contributed by atoms with Gasteiger partial charge in [0.15, 0.2) is 17.3 Å². The van der Waals surface area contributed by atoms with Crippen LogP contribution in [0.4, 0.5) is 5.82 Å². The number of ether oxygens (including phenoxy) is 2. The van der Waals surface area contributed by atoms with E-state index in [0.717, 1.165) is 24.6 Å². The van der Waals surface area contributed by atoms with Gasteiger partial charge in [-0.15, -0.1) is 5.10 Å². The fraction of sp³-hybridized carbons (Fsp3) is 0.450. The molecule has 0 atom stereocenters. The Hall–Kier alpha value is -2.83. The standard InChI is InChI=1S/C20H24N4O3/c1-26-17-7-5-15(13-18(17)27-2)20(25)24-11-9-23(10-12-24)19-8-6-16(21-22-19)14-3-4-14/h5-8,13-14H,3-4,9-12H2,1-2H3. The van der Waals surface area contributed by atoms with Crippen LogP contribution in [0.15, 0.2) is 30.3 Å².